The highest BCUT2D eigenvalue weighted by Crippen LogP contribution is 2.41. The summed E-state index contributed by atoms with van der Waals surface area (Å²) in [6, 6.07) is 4.30. The van der Waals surface area contributed by atoms with Crippen LogP contribution in [0.25, 0.3) is 0 Å². The first kappa shape index (κ1) is 13.8. The average Bonchev–Trinajstić information content (AvgIpc) is 2.98. The number of aryl methyl sites for hydroxylation is 2. The minimum atomic E-state index is -0.795. The molecule has 5 heteroatoms. The van der Waals surface area contributed by atoms with Gasteiger partial charge in [-0.15, -0.1) is 22.9 Å². The Balaban J connectivity index is 1.99. The Morgan fingerprint density at radius 2 is 1.90 bits per heavy atom. The Morgan fingerprint density at radius 3 is 2.50 bits per heavy atom. The fourth-order valence-corrected chi connectivity index (χ4v) is 4.19. The minimum absolute atomic E-state index is 0.104. The summed E-state index contributed by atoms with van der Waals surface area (Å²) in [5.74, 6) is -1.19. The molecule has 0 N–H and O–H groups in total. The topological polar surface area (TPSA) is 9.23 Å². The van der Waals surface area contributed by atoms with Crippen molar-refractivity contribution in [2.75, 3.05) is 7.11 Å². The van der Waals surface area contributed by atoms with Crippen LogP contribution in [0, 0.1) is 11.6 Å². The SMILES string of the molecule is COc1cc(F)c(C(Cl)c2cc3c(s2)CCC3)c(F)c1. The maximum absolute atomic E-state index is 14.0. The third-order valence-electron chi connectivity index (χ3n) is 3.56. The zero-order chi connectivity index (χ0) is 14.3. The molecule has 0 radical (unpaired) electrons. The van der Waals surface area contributed by atoms with Crippen LogP contribution in [0.3, 0.4) is 0 Å². The molecule has 0 amide bonds. The molecule has 0 aliphatic heterocycles. The molecule has 1 nitrogen and oxygen atoms in total. The molecular formula is C15H13ClF2OS. The van der Waals surface area contributed by atoms with E-state index in [9.17, 15) is 8.78 Å². The molecule has 0 saturated carbocycles. The number of hydrogen-bond donors (Lipinski definition) is 0. The van der Waals surface area contributed by atoms with Gasteiger partial charge in [0.25, 0.3) is 0 Å². The molecule has 0 fully saturated rings. The highest BCUT2D eigenvalue weighted by molar-refractivity contribution is 7.12. The molecule has 1 aliphatic rings. The largest absolute Gasteiger partial charge is 0.497 e. The van der Waals surface area contributed by atoms with Gasteiger partial charge in [0.1, 0.15) is 17.4 Å². The maximum Gasteiger partial charge on any atom is 0.134 e. The number of ether oxygens (including phenoxy) is 1. The van der Waals surface area contributed by atoms with E-state index in [1.807, 2.05) is 6.07 Å². The van der Waals surface area contributed by atoms with Crippen LogP contribution >= 0.6 is 22.9 Å². The third-order valence-corrected chi connectivity index (χ3v) is 5.44. The van der Waals surface area contributed by atoms with E-state index < -0.39 is 17.0 Å². The fourth-order valence-electron chi connectivity index (χ4n) is 2.54. The summed E-state index contributed by atoms with van der Waals surface area (Å²) in [7, 11) is 1.37. The number of rotatable bonds is 3. The number of hydrogen-bond acceptors (Lipinski definition) is 2. The monoisotopic (exact) mass is 314 g/mol. The second-order valence-electron chi connectivity index (χ2n) is 4.82. The van der Waals surface area contributed by atoms with Gasteiger partial charge < -0.3 is 4.74 Å². The summed E-state index contributed by atoms with van der Waals surface area (Å²) in [5.41, 5.74) is 1.16. The average molecular weight is 315 g/mol. The van der Waals surface area contributed by atoms with Crippen LogP contribution < -0.4 is 4.74 Å². The van der Waals surface area contributed by atoms with Crippen molar-refractivity contribution in [3.63, 3.8) is 0 Å². The Kier molecular flexibility index (Phi) is 3.69. The minimum Gasteiger partial charge on any atom is -0.497 e. The molecular weight excluding hydrogens is 302 g/mol. The summed E-state index contributed by atoms with van der Waals surface area (Å²) < 4.78 is 32.9. The smallest absolute Gasteiger partial charge is 0.134 e. The standard InChI is InChI=1S/C15H13ClF2OS/c1-19-9-6-10(17)14(11(18)7-9)15(16)13-5-8-3-2-4-12(8)20-13/h5-7,15H,2-4H2,1H3. The van der Waals surface area contributed by atoms with Gasteiger partial charge in [0, 0.05) is 27.5 Å². The van der Waals surface area contributed by atoms with Crippen LogP contribution in [0.2, 0.25) is 0 Å². The van der Waals surface area contributed by atoms with Crippen molar-refractivity contribution in [1.82, 2.24) is 0 Å². The van der Waals surface area contributed by atoms with Crippen molar-refractivity contribution in [3.8, 4) is 5.75 Å². The molecule has 3 rings (SSSR count). The van der Waals surface area contributed by atoms with E-state index in [-0.39, 0.29) is 11.3 Å². The van der Waals surface area contributed by atoms with E-state index in [1.165, 1.54) is 17.6 Å². The molecule has 1 heterocycles. The van der Waals surface area contributed by atoms with Crippen LogP contribution in [-0.2, 0) is 12.8 Å². The lowest BCUT2D eigenvalue weighted by Gasteiger charge is -2.12. The molecule has 1 unspecified atom stereocenters. The van der Waals surface area contributed by atoms with Crippen molar-refractivity contribution in [1.29, 1.82) is 0 Å². The number of methoxy groups -OCH3 is 1. The first-order valence-corrected chi connectivity index (χ1v) is 7.64. The van der Waals surface area contributed by atoms with Crippen LogP contribution in [0.1, 0.15) is 32.7 Å². The van der Waals surface area contributed by atoms with Crippen molar-refractivity contribution in [2.24, 2.45) is 0 Å². The molecule has 2 aromatic rings. The van der Waals surface area contributed by atoms with E-state index in [0.29, 0.717) is 0 Å². The second-order valence-corrected chi connectivity index (χ2v) is 6.42. The normalized spacial score (nSPS) is 15.2. The number of halogens is 3. The first-order chi connectivity index (χ1) is 9.60. The zero-order valence-electron chi connectivity index (χ0n) is 10.9. The Hall–Kier alpha value is -1.13. The van der Waals surface area contributed by atoms with E-state index in [2.05, 4.69) is 0 Å². The van der Waals surface area contributed by atoms with Crippen molar-refractivity contribution < 1.29 is 13.5 Å². The van der Waals surface area contributed by atoms with Crippen molar-refractivity contribution in [2.45, 2.75) is 24.6 Å². The first-order valence-electron chi connectivity index (χ1n) is 6.38. The lowest BCUT2D eigenvalue weighted by Crippen LogP contribution is -2.01. The second kappa shape index (κ2) is 5.34. The van der Waals surface area contributed by atoms with Gasteiger partial charge in [0.2, 0.25) is 0 Å². The van der Waals surface area contributed by atoms with Crippen LogP contribution in [0.15, 0.2) is 18.2 Å². The van der Waals surface area contributed by atoms with E-state index in [0.717, 1.165) is 36.3 Å². The van der Waals surface area contributed by atoms with Crippen LogP contribution in [-0.4, -0.2) is 7.11 Å². The quantitative estimate of drug-likeness (QED) is 0.736. The molecule has 1 atom stereocenters. The summed E-state index contributed by atoms with van der Waals surface area (Å²) in [5, 5.41) is -0.795. The van der Waals surface area contributed by atoms with Gasteiger partial charge in [-0.25, -0.2) is 8.78 Å². The van der Waals surface area contributed by atoms with Gasteiger partial charge in [-0.05, 0) is 30.9 Å². The van der Waals surface area contributed by atoms with Gasteiger partial charge in [0.15, 0.2) is 0 Å². The lowest BCUT2D eigenvalue weighted by molar-refractivity contribution is 0.405. The molecule has 0 spiro atoms. The molecule has 0 saturated heterocycles. The van der Waals surface area contributed by atoms with Gasteiger partial charge in [0.05, 0.1) is 12.5 Å². The number of benzene rings is 1. The Labute approximate surface area is 125 Å². The summed E-state index contributed by atoms with van der Waals surface area (Å²) in [6.07, 6.45) is 3.22. The third kappa shape index (κ3) is 2.31. The summed E-state index contributed by atoms with van der Waals surface area (Å²) >= 11 is 7.85. The number of alkyl halides is 1. The molecule has 106 valence electrons. The van der Waals surface area contributed by atoms with Crippen molar-refractivity contribution in [3.05, 3.63) is 50.7 Å². The Morgan fingerprint density at radius 1 is 1.20 bits per heavy atom. The van der Waals surface area contributed by atoms with Crippen LogP contribution in [0.4, 0.5) is 8.78 Å². The number of thiophene rings is 1. The number of fused-ring (bicyclic) bond motifs is 1. The molecule has 1 aromatic heterocycles. The molecule has 1 aromatic carbocycles. The highest BCUT2D eigenvalue weighted by atomic mass is 35.5. The Bertz CT molecular complexity index is 609. The van der Waals surface area contributed by atoms with Gasteiger partial charge in [-0.1, -0.05) is 0 Å². The van der Waals surface area contributed by atoms with Crippen molar-refractivity contribution >= 4 is 22.9 Å². The van der Waals surface area contributed by atoms with E-state index in [4.69, 9.17) is 16.3 Å². The zero-order valence-corrected chi connectivity index (χ0v) is 12.5. The van der Waals surface area contributed by atoms with Gasteiger partial charge >= 0.3 is 0 Å². The summed E-state index contributed by atoms with van der Waals surface area (Å²) in [4.78, 5) is 2.10. The molecule has 1 aliphatic carbocycles. The summed E-state index contributed by atoms with van der Waals surface area (Å²) in [6.45, 7) is 0. The van der Waals surface area contributed by atoms with Gasteiger partial charge in [-0.3, -0.25) is 0 Å². The molecule has 0 bridgehead atoms. The predicted octanol–water partition coefficient (Wildman–Crippen LogP) is 4.85. The maximum atomic E-state index is 14.0. The lowest BCUT2D eigenvalue weighted by atomic mass is 10.1. The van der Waals surface area contributed by atoms with Gasteiger partial charge in [-0.2, -0.15) is 0 Å². The van der Waals surface area contributed by atoms with Crippen LogP contribution in [0.5, 0.6) is 5.75 Å². The predicted molar refractivity (Wildman–Crippen MR) is 77.0 cm³/mol. The van der Waals surface area contributed by atoms with E-state index >= 15 is 0 Å². The molecule has 20 heavy (non-hydrogen) atoms. The fraction of sp³-hybridized carbons (Fsp3) is 0.333. The highest BCUT2D eigenvalue weighted by Gasteiger charge is 2.25. The van der Waals surface area contributed by atoms with E-state index in [1.54, 1.807) is 11.3 Å².